The van der Waals surface area contributed by atoms with Gasteiger partial charge < -0.3 is 14.2 Å². The Balaban J connectivity index is 2.41. The van der Waals surface area contributed by atoms with Gasteiger partial charge in [-0.25, -0.2) is 23.7 Å². The van der Waals surface area contributed by atoms with Gasteiger partial charge in [0.25, 0.3) is 0 Å². The lowest BCUT2D eigenvalue weighted by molar-refractivity contribution is 0.00165. The number of aromatic nitrogens is 1. The summed E-state index contributed by atoms with van der Waals surface area (Å²) >= 11 is 0. The Hall–Kier alpha value is -3.10. The van der Waals surface area contributed by atoms with Gasteiger partial charge in [-0.3, -0.25) is 4.57 Å². The molecule has 0 radical (unpaired) electrons. The molecule has 0 unspecified atom stereocenters. The van der Waals surface area contributed by atoms with Gasteiger partial charge in [0.15, 0.2) is 0 Å². The molecule has 34 heavy (non-hydrogen) atoms. The van der Waals surface area contributed by atoms with Crippen molar-refractivity contribution < 1.29 is 33.0 Å². The lowest BCUT2D eigenvalue weighted by Gasteiger charge is -2.28. The lowest BCUT2D eigenvalue weighted by Crippen LogP contribution is -2.44. The molecule has 0 N–H and O–H groups in total. The van der Waals surface area contributed by atoms with Crippen LogP contribution in [0.2, 0.25) is 0 Å². The average molecular weight is 479 g/mol. The van der Waals surface area contributed by atoms with Crippen LogP contribution in [-0.2, 0) is 20.6 Å². The van der Waals surface area contributed by atoms with E-state index in [0.717, 1.165) is 4.90 Å². The van der Waals surface area contributed by atoms with Crippen molar-refractivity contribution in [2.24, 2.45) is 0 Å². The number of halogens is 1. The molecule has 2 rings (SSSR count). The van der Waals surface area contributed by atoms with Gasteiger partial charge in [-0.05, 0) is 86.4 Å². The maximum atomic E-state index is 14.8. The second-order valence-corrected chi connectivity index (χ2v) is 11.0. The minimum Gasteiger partial charge on any atom is -0.443 e. The Morgan fingerprint density at radius 2 is 1.35 bits per heavy atom. The van der Waals surface area contributed by atoms with Gasteiger partial charge in [0.1, 0.15) is 22.6 Å². The fraction of sp³-hybridized carbons (Fsp3) is 0.560. The Kier molecular flexibility index (Phi) is 7.70. The molecule has 1 aromatic carbocycles. The van der Waals surface area contributed by atoms with Crippen molar-refractivity contribution in [3.63, 3.8) is 0 Å². The lowest BCUT2D eigenvalue weighted by atomic mass is 10.1. The number of carbonyl (C=O) groups excluding carboxylic acids is 3. The molecular formula is C25H35FN2O6. The van der Waals surface area contributed by atoms with E-state index in [4.69, 9.17) is 14.2 Å². The number of benzene rings is 1. The van der Waals surface area contributed by atoms with Crippen LogP contribution in [0.5, 0.6) is 0 Å². The summed E-state index contributed by atoms with van der Waals surface area (Å²) in [4.78, 5) is 39.1. The van der Waals surface area contributed by atoms with Crippen LogP contribution in [0.15, 0.2) is 24.4 Å². The van der Waals surface area contributed by atoms with Crippen molar-refractivity contribution in [3.8, 4) is 0 Å². The van der Waals surface area contributed by atoms with Crippen LogP contribution in [-0.4, -0.2) is 51.1 Å². The molecule has 188 valence electrons. The van der Waals surface area contributed by atoms with E-state index in [-0.39, 0.29) is 18.4 Å². The number of nitrogens with zero attached hydrogens (tertiary/aromatic N) is 2. The smallest absolute Gasteiger partial charge is 0.419 e. The van der Waals surface area contributed by atoms with Crippen molar-refractivity contribution in [3.05, 3.63) is 35.8 Å². The molecule has 0 spiro atoms. The second kappa shape index (κ2) is 9.64. The fourth-order valence-corrected chi connectivity index (χ4v) is 3.10. The molecule has 2 amide bonds. The van der Waals surface area contributed by atoms with Gasteiger partial charge in [0.2, 0.25) is 0 Å². The molecule has 2 aromatic rings. The zero-order valence-electron chi connectivity index (χ0n) is 21.4. The third-order valence-electron chi connectivity index (χ3n) is 4.28. The Labute approximate surface area is 199 Å². The van der Waals surface area contributed by atoms with Crippen molar-refractivity contribution in [2.75, 3.05) is 6.54 Å². The van der Waals surface area contributed by atoms with E-state index in [1.54, 1.807) is 68.4 Å². The predicted octanol–water partition coefficient (Wildman–Crippen LogP) is 6.28. The monoisotopic (exact) mass is 478 g/mol. The largest absolute Gasteiger partial charge is 0.443 e. The molecule has 0 bridgehead atoms. The van der Waals surface area contributed by atoms with E-state index in [2.05, 4.69) is 0 Å². The first-order valence-corrected chi connectivity index (χ1v) is 11.1. The first-order chi connectivity index (χ1) is 15.4. The summed E-state index contributed by atoms with van der Waals surface area (Å²) < 4.78 is 32.2. The van der Waals surface area contributed by atoms with E-state index in [0.29, 0.717) is 11.1 Å². The number of hydrogen-bond donors (Lipinski definition) is 0. The number of amides is 2. The van der Waals surface area contributed by atoms with Crippen LogP contribution in [0.1, 0.15) is 67.9 Å². The summed E-state index contributed by atoms with van der Waals surface area (Å²) in [7, 11) is 0. The van der Waals surface area contributed by atoms with E-state index in [1.165, 1.54) is 22.9 Å². The topological polar surface area (TPSA) is 87.1 Å². The Morgan fingerprint density at radius 3 is 1.82 bits per heavy atom. The first-order valence-electron chi connectivity index (χ1n) is 11.1. The number of ether oxygens (including phenoxy) is 3. The van der Waals surface area contributed by atoms with E-state index in [1.807, 2.05) is 0 Å². The number of rotatable bonds is 3. The number of imide groups is 1. The minimum absolute atomic E-state index is 0.0612. The molecule has 0 aliphatic heterocycles. The predicted molar refractivity (Wildman–Crippen MR) is 126 cm³/mol. The zero-order chi connectivity index (χ0) is 26.1. The molecule has 0 aliphatic rings. The summed E-state index contributed by atoms with van der Waals surface area (Å²) in [6, 6.07) is 4.38. The molecule has 1 heterocycles. The highest BCUT2D eigenvalue weighted by atomic mass is 19.1. The van der Waals surface area contributed by atoms with E-state index < -0.39 is 40.9 Å². The normalized spacial score (nSPS) is 12.4. The van der Waals surface area contributed by atoms with Gasteiger partial charge in [-0.2, -0.15) is 0 Å². The molecule has 0 aliphatic carbocycles. The van der Waals surface area contributed by atoms with Crippen LogP contribution < -0.4 is 0 Å². The molecule has 0 saturated carbocycles. The molecular weight excluding hydrogens is 443 g/mol. The maximum absolute atomic E-state index is 14.8. The van der Waals surface area contributed by atoms with Crippen molar-refractivity contribution in [2.45, 2.75) is 85.5 Å². The van der Waals surface area contributed by atoms with Crippen LogP contribution in [0, 0.1) is 5.82 Å². The molecule has 0 saturated heterocycles. The van der Waals surface area contributed by atoms with Crippen molar-refractivity contribution in [1.82, 2.24) is 9.47 Å². The van der Waals surface area contributed by atoms with E-state index >= 15 is 0 Å². The number of fused-ring (bicyclic) bond motifs is 1. The highest BCUT2D eigenvalue weighted by Crippen LogP contribution is 2.27. The van der Waals surface area contributed by atoms with Gasteiger partial charge in [0, 0.05) is 18.1 Å². The summed E-state index contributed by atoms with van der Waals surface area (Å²) in [5.74, 6) is -0.532. The number of hydrogen-bond acceptors (Lipinski definition) is 6. The van der Waals surface area contributed by atoms with Gasteiger partial charge in [0.05, 0.1) is 5.52 Å². The molecule has 8 nitrogen and oxygen atoms in total. The third-order valence-corrected chi connectivity index (χ3v) is 4.28. The standard InChI is InChI=1S/C25H35FN2O6/c1-23(2,3)32-20(29)27(21(30)33-24(4,5)6)14-13-16-15-28(22(31)34-25(7,8)9)18-12-10-11-17(26)19(16)18/h10-12,15H,13-14H2,1-9H3. The first kappa shape index (κ1) is 27.1. The number of carbonyl (C=O) groups is 3. The fourth-order valence-electron chi connectivity index (χ4n) is 3.10. The summed E-state index contributed by atoms with van der Waals surface area (Å²) in [6.45, 7) is 15.1. The molecule has 9 heteroatoms. The zero-order valence-corrected chi connectivity index (χ0v) is 21.4. The third kappa shape index (κ3) is 7.46. The molecule has 0 atom stereocenters. The van der Waals surface area contributed by atoms with Gasteiger partial charge >= 0.3 is 18.3 Å². The maximum Gasteiger partial charge on any atom is 0.419 e. The summed E-state index contributed by atoms with van der Waals surface area (Å²) in [5, 5.41) is 0.210. The summed E-state index contributed by atoms with van der Waals surface area (Å²) in [6.07, 6.45) is -0.891. The van der Waals surface area contributed by atoms with Crippen molar-refractivity contribution in [1.29, 1.82) is 0 Å². The van der Waals surface area contributed by atoms with Gasteiger partial charge in [-0.1, -0.05) is 6.07 Å². The average Bonchev–Trinajstić information content (AvgIpc) is 2.97. The second-order valence-electron chi connectivity index (χ2n) is 11.0. The Morgan fingerprint density at radius 1 is 0.853 bits per heavy atom. The van der Waals surface area contributed by atoms with E-state index in [9.17, 15) is 18.8 Å². The Bertz CT molecular complexity index is 1040. The highest BCUT2D eigenvalue weighted by Gasteiger charge is 2.31. The SMILES string of the molecule is CC(C)(C)OC(=O)N(CCc1cn(C(=O)OC(C)(C)C)c2cccc(F)c12)C(=O)OC(C)(C)C. The van der Waals surface area contributed by atoms with Crippen LogP contribution in [0.4, 0.5) is 18.8 Å². The minimum atomic E-state index is -0.877. The molecule has 1 aromatic heterocycles. The van der Waals surface area contributed by atoms with Crippen LogP contribution in [0.3, 0.4) is 0 Å². The summed E-state index contributed by atoms with van der Waals surface area (Å²) in [5.41, 5.74) is -1.67. The van der Waals surface area contributed by atoms with Crippen molar-refractivity contribution >= 4 is 29.2 Å². The quantitative estimate of drug-likeness (QED) is 0.483. The highest BCUT2D eigenvalue weighted by molar-refractivity contribution is 5.93. The van der Waals surface area contributed by atoms with Crippen LogP contribution in [0.25, 0.3) is 10.9 Å². The van der Waals surface area contributed by atoms with Gasteiger partial charge in [-0.15, -0.1) is 0 Å². The van der Waals surface area contributed by atoms with Crippen LogP contribution >= 0.6 is 0 Å². The molecule has 0 fully saturated rings.